The molecular formula is C24H30O2. The molecule has 2 aromatic carbocycles. The monoisotopic (exact) mass is 350 g/mol. The van der Waals surface area contributed by atoms with Gasteiger partial charge in [-0.25, -0.2) is 0 Å². The maximum Gasteiger partial charge on any atom is 0.168 e. The SMILES string of the molecule is CC.CC.O=C1Cc2ccccc2C2=C1c1ccccc1CCC(O)C2. The lowest BCUT2D eigenvalue weighted by Gasteiger charge is -2.28. The van der Waals surface area contributed by atoms with Crippen LogP contribution in [0.15, 0.2) is 48.5 Å². The zero-order valence-corrected chi connectivity index (χ0v) is 16.4. The van der Waals surface area contributed by atoms with Crippen molar-refractivity contribution in [2.45, 2.75) is 59.5 Å². The largest absolute Gasteiger partial charge is 0.393 e. The van der Waals surface area contributed by atoms with Crippen molar-refractivity contribution in [1.82, 2.24) is 0 Å². The fraction of sp³-hybridized carbons (Fsp3) is 0.375. The van der Waals surface area contributed by atoms with Crippen molar-refractivity contribution in [3.8, 4) is 0 Å². The minimum Gasteiger partial charge on any atom is -0.393 e. The molecule has 138 valence electrons. The average Bonchev–Trinajstić information content (AvgIpc) is 2.68. The van der Waals surface area contributed by atoms with Crippen molar-refractivity contribution < 1.29 is 9.90 Å². The van der Waals surface area contributed by atoms with Crippen LogP contribution >= 0.6 is 0 Å². The normalized spacial score (nSPS) is 17.9. The molecule has 1 atom stereocenters. The molecule has 0 saturated heterocycles. The second-order valence-corrected chi connectivity index (χ2v) is 6.16. The van der Waals surface area contributed by atoms with Crippen molar-refractivity contribution in [2.24, 2.45) is 0 Å². The Hall–Kier alpha value is -2.19. The van der Waals surface area contributed by atoms with Crippen LogP contribution in [0.4, 0.5) is 0 Å². The number of hydrogen-bond donors (Lipinski definition) is 1. The maximum absolute atomic E-state index is 12.8. The first-order chi connectivity index (χ1) is 12.7. The molecule has 26 heavy (non-hydrogen) atoms. The van der Waals surface area contributed by atoms with Crippen LogP contribution in [-0.4, -0.2) is 17.0 Å². The van der Waals surface area contributed by atoms with E-state index in [-0.39, 0.29) is 5.78 Å². The van der Waals surface area contributed by atoms with Gasteiger partial charge in [-0.3, -0.25) is 4.79 Å². The van der Waals surface area contributed by atoms with Crippen LogP contribution in [0.2, 0.25) is 0 Å². The highest BCUT2D eigenvalue weighted by Crippen LogP contribution is 2.40. The van der Waals surface area contributed by atoms with Crippen molar-refractivity contribution in [1.29, 1.82) is 0 Å². The molecule has 1 N–H and O–H groups in total. The van der Waals surface area contributed by atoms with Crippen molar-refractivity contribution in [2.75, 3.05) is 0 Å². The van der Waals surface area contributed by atoms with Gasteiger partial charge < -0.3 is 5.11 Å². The van der Waals surface area contributed by atoms with Crippen molar-refractivity contribution in [3.05, 3.63) is 70.8 Å². The van der Waals surface area contributed by atoms with Crippen LogP contribution in [0.3, 0.4) is 0 Å². The van der Waals surface area contributed by atoms with Crippen molar-refractivity contribution >= 4 is 16.9 Å². The number of hydrogen-bond acceptors (Lipinski definition) is 2. The van der Waals surface area contributed by atoms with E-state index in [9.17, 15) is 9.90 Å². The van der Waals surface area contributed by atoms with E-state index < -0.39 is 6.10 Å². The fourth-order valence-corrected chi connectivity index (χ4v) is 3.70. The van der Waals surface area contributed by atoms with Gasteiger partial charge in [0.2, 0.25) is 0 Å². The van der Waals surface area contributed by atoms with Crippen molar-refractivity contribution in [3.63, 3.8) is 0 Å². The predicted octanol–water partition coefficient (Wildman–Crippen LogP) is 5.47. The molecule has 2 nitrogen and oxygen atoms in total. The van der Waals surface area contributed by atoms with Gasteiger partial charge in [0.1, 0.15) is 0 Å². The Labute approximate surface area is 157 Å². The molecule has 1 unspecified atom stereocenters. The summed E-state index contributed by atoms with van der Waals surface area (Å²) in [6.07, 6.45) is 2.19. The number of fused-ring (bicyclic) bond motifs is 4. The van der Waals surface area contributed by atoms with Gasteiger partial charge in [-0.15, -0.1) is 0 Å². The number of Topliss-reactive ketones (excluding diaryl/α,β-unsaturated/α-hetero) is 1. The highest BCUT2D eigenvalue weighted by Gasteiger charge is 2.30. The number of allylic oxidation sites excluding steroid dienone is 1. The highest BCUT2D eigenvalue weighted by molar-refractivity contribution is 6.30. The van der Waals surface area contributed by atoms with E-state index in [1.807, 2.05) is 64.1 Å². The summed E-state index contributed by atoms with van der Waals surface area (Å²) in [5.74, 6) is 0.176. The van der Waals surface area contributed by atoms with Gasteiger partial charge in [0, 0.05) is 12.0 Å². The van der Waals surface area contributed by atoms with E-state index in [1.165, 1.54) is 5.56 Å². The van der Waals surface area contributed by atoms with E-state index in [0.717, 1.165) is 40.7 Å². The third kappa shape index (κ3) is 3.96. The zero-order valence-electron chi connectivity index (χ0n) is 16.4. The van der Waals surface area contributed by atoms with E-state index in [1.54, 1.807) is 0 Å². The summed E-state index contributed by atoms with van der Waals surface area (Å²) in [6.45, 7) is 8.00. The summed E-state index contributed by atoms with van der Waals surface area (Å²) in [5.41, 5.74) is 6.29. The number of rotatable bonds is 0. The van der Waals surface area contributed by atoms with E-state index >= 15 is 0 Å². The van der Waals surface area contributed by atoms with Crippen LogP contribution in [-0.2, 0) is 17.6 Å². The van der Waals surface area contributed by atoms with Crippen LogP contribution in [0.5, 0.6) is 0 Å². The first-order valence-corrected chi connectivity index (χ1v) is 9.85. The summed E-state index contributed by atoms with van der Waals surface area (Å²) < 4.78 is 0. The van der Waals surface area contributed by atoms with Gasteiger partial charge in [0.25, 0.3) is 0 Å². The lowest BCUT2D eigenvalue weighted by molar-refractivity contribution is -0.113. The zero-order chi connectivity index (χ0) is 19.1. The molecule has 4 rings (SSSR count). The number of aliphatic hydroxyl groups excluding tert-OH is 1. The fourth-order valence-electron chi connectivity index (χ4n) is 3.70. The molecule has 0 bridgehead atoms. The molecule has 0 radical (unpaired) electrons. The molecule has 0 aromatic heterocycles. The Morgan fingerprint density at radius 1 is 0.846 bits per heavy atom. The molecular weight excluding hydrogens is 320 g/mol. The Bertz CT molecular complexity index is 786. The lowest BCUT2D eigenvalue weighted by Crippen LogP contribution is -2.21. The number of carbonyl (C=O) groups is 1. The Kier molecular flexibility index (Phi) is 7.35. The van der Waals surface area contributed by atoms with Crippen LogP contribution < -0.4 is 0 Å². The van der Waals surface area contributed by atoms with E-state index in [2.05, 4.69) is 12.1 Å². The number of benzene rings is 2. The van der Waals surface area contributed by atoms with Crippen LogP contribution in [0.25, 0.3) is 11.1 Å². The van der Waals surface area contributed by atoms with Gasteiger partial charge in [0.15, 0.2) is 5.78 Å². The quantitative estimate of drug-likeness (QED) is 0.684. The summed E-state index contributed by atoms with van der Waals surface area (Å²) in [6, 6.07) is 16.2. The Morgan fingerprint density at radius 3 is 2.12 bits per heavy atom. The summed E-state index contributed by atoms with van der Waals surface area (Å²) in [5, 5.41) is 10.3. The average molecular weight is 351 g/mol. The molecule has 2 aliphatic rings. The minimum absolute atomic E-state index is 0.176. The molecule has 2 aromatic rings. The number of ketones is 1. The topological polar surface area (TPSA) is 37.3 Å². The molecule has 2 heteroatoms. The standard InChI is InChI=1S/C20H18O2.2C2H6/c21-15-10-9-13-5-1-4-8-17(13)20-18(12-15)16-7-3-2-6-14(16)11-19(20)22;2*1-2/h1-8,15,21H,9-12H2;2*1-2H3. The molecule has 0 amide bonds. The van der Waals surface area contributed by atoms with E-state index in [4.69, 9.17) is 0 Å². The lowest BCUT2D eigenvalue weighted by atomic mass is 9.76. The number of carbonyl (C=O) groups excluding carboxylic acids is 1. The smallest absolute Gasteiger partial charge is 0.168 e. The molecule has 2 aliphatic carbocycles. The van der Waals surface area contributed by atoms with Gasteiger partial charge in [0.05, 0.1) is 6.10 Å². The molecule has 0 saturated carbocycles. The number of aliphatic hydroxyl groups is 1. The first-order valence-electron chi connectivity index (χ1n) is 9.85. The molecule has 0 heterocycles. The third-order valence-electron chi connectivity index (χ3n) is 4.75. The second-order valence-electron chi connectivity index (χ2n) is 6.16. The summed E-state index contributed by atoms with van der Waals surface area (Å²) >= 11 is 0. The molecule has 0 fully saturated rings. The second kappa shape index (κ2) is 9.49. The predicted molar refractivity (Wildman–Crippen MR) is 110 cm³/mol. The van der Waals surface area contributed by atoms with Gasteiger partial charge >= 0.3 is 0 Å². The molecule has 0 spiro atoms. The third-order valence-corrected chi connectivity index (χ3v) is 4.75. The summed E-state index contributed by atoms with van der Waals surface area (Å²) in [7, 11) is 0. The van der Waals surface area contributed by atoms with Gasteiger partial charge in [-0.2, -0.15) is 0 Å². The molecule has 0 aliphatic heterocycles. The number of aryl methyl sites for hydroxylation is 1. The maximum atomic E-state index is 12.8. The minimum atomic E-state index is -0.391. The van der Waals surface area contributed by atoms with Gasteiger partial charge in [-0.05, 0) is 47.1 Å². The van der Waals surface area contributed by atoms with Gasteiger partial charge in [-0.1, -0.05) is 76.2 Å². The summed E-state index contributed by atoms with van der Waals surface area (Å²) in [4.78, 5) is 12.8. The Balaban J connectivity index is 0.000000570. The van der Waals surface area contributed by atoms with E-state index in [0.29, 0.717) is 12.8 Å². The van der Waals surface area contributed by atoms with Crippen LogP contribution in [0.1, 0.15) is 62.8 Å². The highest BCUT2D eigenvalue weighted by atomic mass is 16.3. The first kappa shape index (κ1) is 20.1. The Morgan fingerprint density at radius 2 is 1.42 bits per heavy atom. The van der Waals surface area contributed by atoms with Crippen LogP contribution in [0, 0.1) is 0 Å².